The smallest absolute Gasteiger partial charge is 0.134 e. The highest BCUT2D eigenvalue weighted by atomic mass is 35.5. The second-order valence-corrected chi connectivity index (χ2v) is 3.63. The molecule has 3 nitrogen and oxygen atoms in total. The van der Waals surface area contributed by atoms with E-state index in [0.29, 0.717) is 12.0 Å². The lowest BCUT2D eigenvalue weighted by Gasteiger charge is -2.17. The summed E-state index contributed by atoms with van der Waals surface area (Å²) in [5.41, 5.74) is 6.26. The second-order valence-electron chi connectivity index (χ2n) is 3.23. The zero-order chi connectivity index (χ0) is 10.7. The van der Waals surface area contributed by atoms with Gasteiger partial charge in [-0.15, -0.1) is 0 Å². The Kier molecular flexibility index (Phi) is 3.75. The first-order valence-electron chi connectivity index (χ1n) is 4.48. The predicted octanol–water partition coefficient (Wildman–Crippen LogP) is 1.82. The van der Waals surface area contributed by atoms with Gasteiger partial charge in [0.15, 0.2) is 0 Å². The fraction of sp³-hybridized carbons (Fsp3) is 0.400. The summed E-state index contributed by atoms with van der Waals surface area (Å²) < 4.78 is 0. The van der Waals surface area contributed by atoms with E-state index in [2.05, 4.69) is 0 Å². The molecule has 0 bridgehead atoms. The molecule has 4 N–H and O–H groups in total. The highest BCUT2D eigenvalue weighted by Gasteiger charge is 2.15. The third kappa shape index (κ3) is 2.38. The normalized spacial score (nSPS) is 15.1. The van der Waals surface area contributed by atoms with E-state index in [1.807, 2.05) is 6.92 Å². The van der Waals surface area contributed by atoms with Gasteiger partial charge in [-0.25, -0.2) is 0 Å². The minimum atomic E-state index is -0.761. The number of nitrogens with two attached hydrogens (primary N) is 1. The molecule has 0 heterocycles. The Hall–Kier alpha value is -0.770. The second kappa shape index (κ2) is 4.64. The van der Waals surface area contributed by atoms with Crippen molar-refractivity contribution in [3.8, 4) is 5.75 Å². The van der Waals surface area contributed by atoms with Crippen molar-refractivity contribution >= 4 is 11.6 Å². The molecule has 0 saturated carbocycles. The number of hydrogen-bond donors (Lipinski definition) is 3. The summed E-state index contributed by atoms with van der Waals surface area (Å²) in [4.78, 5) is 0. The molecule has 1 aromatic carbocycles. The third-order valence-corrected chi connectivity index (χ3v) is 2.51. The van der Waals surface area contributed by atoms with Gasteiger partial charge in [0, 0.05) is 6.04 Å². The summed E-state index contributed by atoms with van der Waals surface area (Å²) in [7, 11) is 0. The molecular formula is C10H14ClNO2. The van der Waals surface area contributed by atoms with E-state index >= 15 is 0 Å². The number of halogens is 1. The summed E-state index contributed by atoms with van der Waals surface area (Å²) >= 11 is 5.64. The van der Waals surface area contributed by atoms with Gasteiger partial charge in [-0.2, -0.15) is 0 Å². The highest BCUT2D eigenvalue weighted by molar-refractivity contribution is 6.32. The Morgan fingerprint density at radius 3 is 2.64 bits per heavy atom. The monoisotopic (exact) mass is 215 g/mol. The number of rotatable bonds is 3. The average Bonchev–Trinajstić information content (AvgIpc) is 2.20. The summed E-state index contributed by atoms with van der Waals surface area (Å²) in [6.45, 7) is 1.89. The first-order valence-corrected chi connectivity index (χ1v) is 4.86. The van der Waals surface area contributed by atoms with Crippen molar-refractivity contribution in [1.29, 1.82) is 0 Å². The van der Waals surface area contributed by atoms with Crippen LogP contribution in [0.2, 0.25) is 5.02 Å². The quantitative estimate of drug-likeness (QED) is 0.721. The summed E-state index contributed by atoms with van der Waals surface area (Å²) in [6.07, 6.45) is -0.0898. The number of phenolic OH excluding ortho intramolecular Hbond substituents is 1. The highest BCUT2D eigenvalue weighted by Crippen LogP contribution is 2.27. The third-order valence-electron chi connectivity index (χ3n) is 2.19. The van der Waals surface area contributed by atoms with Crippen molar-refractivity contribution in [1.82, 2.24) is 0 Å². The van der Waals surface area contributed by atoms with Crippen LogP contribution >= 0.6 is 11.6 Å². The summed E-state index contributed by atoms with van der Waals surface area (Å²) in [5.74, 6) is -0.0356. The standard InChI is InChI=1S/C10H14ClNO2/c1-2-8(12)10(14)6-3-4-7(11)9(13)5-6/h3-5,8,10,13-14H,2,12H2,1H3/t8-,10+/m0/s1. The average molecular weight is 216 g/mol. The van der Waals surface area contributed by atoms with Crippen LogP contribution in [-0.2, 0) is 0 Å². The molecule has 0 saturated heterocycles. The van der Waals surface area contributed by atoms with Gasteiger partial charge in [0.05, 0.1) is 11.1 Å². The lowest BCUT2D eigenvalue weighted by molar-refractivity contribution is 0.144. The number of aliphatic hydroxyl groups excluding tert-OH is 1. The Labute approximate surface area is 88.1 Å². The first kappa shape index (κ1) is 11.3. The maximum Gasteiger partial charge on any atom is 0.134 e. The van der Waals surface area contributed by atoms with Crippen LogP contribution in [0.15, 0.2) is 18.2 Å². The fourth-order valence-corrected chi connectivity index (χ4v) is 1.30. The van der Waals surface area contributed by atoms with Gasteiger partial charge in [-0.1, -0.05) is 24.6 Å². The van der Waals surface area contributed by atoms with Crippen LogP contribution in [-0.4, -0.2) is 16.3 Å². The minimum absolute atomic E-state index is 0.0356. The van der Waals surface area contributed by atoms with E-state index in [-0.39, 0.29) is 16.8 Å². The molecular weight excluding hydrogens is 202 g/mol. The molecule has 0 unspecified atom stereocenters. The molecule has 14 heavy (non-hydrogen) atoms. The van der Waals surface area contributed by atoms with Crippen LogP contribution in [0.1, 0.15) is 25.0 Å². The molecule has 2 atom stereocenters. The summed E-state index contributed by atoms with van der Waals surface area (Å²) in [6, 6.07) is 4.30. The van der Waals surface area contributed by atoms with Gasteiger partial charge >= 0.3 is 0 Å². The topological polar surface area (TPSA) is 66.5 Å². The molecule has 0 amide bonds. The van der Waals surface area contributed by atoms with Crippen LogP contribution in [0, 0.1) is 0 Å². The maximum absolute atomic E-state index is 9.73. The van der Waals surface area contributed by atoms with Crippen molar-refractivity contribution in [3.05, 3.63) is 28.8 Å². The van der Waals surface area contributed by atoms with Crippen molar-refractivity contribution in [2.24, 2.45) is 5.73 Å². The van der Waals surface area contributed by atoms with E-state index in [9.17, 15) is 10.2 Å². The van der Waals surface area contributed by atoms with Crippen LogP contribution < -0.4 is 5.73 Å². The van der Waals surface area contributed by atoms with Gasteiger partial charge in [0.2, 0.25) is 0 Å². The van der Waals surface area contributed by atoms with Gasteiger partial charge in [-0.05, 0) is 24.1 Å². The van der Waals surface area contributed by atoms with E-state index < -0.39 is 6.10 Å². The Morgan fingerprint density at radius 2 is 2.14 bits per heavy atom. The lowest BCUT2D eigenvalue weighted by atomic mass is 10.0. The van der Waals surface area contributed by atoms with Crippen LogP contribution in [0.5, 0.6) is 5.75 Å². The Balaban J connectivity index is 2.91. The van der Waals surface area contributed by atoms with Gasteiger partial charge < -0.3 is 15.9 Å². The number of hydrogen-bond acceptors (Lipinski definition) is 3. The zero-order valence-corrected chi connectivity index (χ0v) is 8.70. The molecule has 0 radical (unpaired) electrons. The number of aliphatic hydroxyl groups is 1. The van der Waals surface area contributed by atoms with Gasteiger partial charge in [-0.3, -0.25) is 0 Å². The molecule has 0 aliphatic rings. The molecule has 1 rings (SSSR count). The van der Waals surface area contributed by atoms with Crippen molar-refractivity contribution in [3.63, 3.8) is 0 Å². The van der Waals surface area contributed by atoms with Crippen molar-refractivity contribution in [2.75, 3.05) is 0 Å². The van der Waals surface area contributed by atoms with E-state index in [0.717, 1.165) is 0 Å². The number of benzene rings is 1. The molecule has 78 valence electrons. The van der Waals surface area contributed by atoms with E-state index in [1.54, 1.807) is 6.07 Å². The molecule has 0 aliphatic carbocycles. The lowest BCUT2D eigenvalue weighted by Crippen LogP contribution is -2.27. The van der Waals surface area contributed by atoms with Crippen molar-refractivity contribution < 1.29 is 10.2 Å². The van der Waals surface area contributed by atoms with Crippen LogP contribution in [0.3, 0.4) is 0 Å². The maximum atomic E-state index is 9.73. The minimum Gasteiger partial charge on any atom is -0.506 e. The SMILES string of the molecule is CC[C@H](N)[C@H](O)c1ccc(Cl)c(O)c1. The van der Waals surface area contributed by atoms with Crippen LogP contribution in [0.4, 0.5) is 0 Å². The number of phenols is 1. The molecule has 0 spiro atoms. The van der Waals surface area contributed by atoms with E-state index in [4.69, 9.17) is 17.3 Å². The van der Waals surface area contributed by atoms with Crippen LogP contribution in [0.25, 0.3) is 0 Å². The predicted molar refractivity (Wildman–Crippen MR) is 56.3 cm³/mol. The fourth-order valence-electron chi connectivity index (χ4n) is 1.18. The number of aromatic hydroxyl groups is 1. The zero-order valence-electron chi connectivity index (χ0n) is 7.94. The Bertz CT molecular complexity index is 317. The molecule has 0 fully saturated rings. The molecule has 0 aliphatic heterocycles. The van der Waals surface area contributed by atoms with E-state index in [1.165, 1.54) is 12.1 Å². The molecule has 4 heteroatoms. The Morgan fingerprint density at radius 1 is 1.50 bits per heavy atom. The van der Waals surface area contributed by atoms with Gasteiger partial charge in [0.25, 0.3) is 0 Å². The molecule has 0 aromatic heterocycles. The largest absolute Gasteiger partial charge is 0.506 e. The first-order chi connectivity index (χ1) is 6.56. The molecule has 1 aromatic rings. The van der Waals surface area contributed by atoms with Gasteiger partial charge in [0.1, 0.15) is 5.75 Å². The van der Waals surface area contributed by atoms with Crippen molar-refractivity contribution in [2.45, 2.75) is 25.5 Å². The summed E-state index contributed by atoms with van der Waals surface area (Å²) in [5, 5.41) is 19.3.